The smallest absolute Gasteiger partial charge is 0.328 e. The molecule has 27 heavy (non-hydrogen) atoms. The van der Waals surface area contributed by atoms with Crippen molar-refractivity contribution < 1.29 is 12.9 Å². The monoisotopic (exact) mass is 457 g/mol. The number of sulfonamides is 1. The summed E-state index contributed by atoms with van der Waals surface area (Å²) in [5.74, 6) is 1.10. The van der Waals surface area contributed by atoms with Gasteiger partial charge < -0.3 is 4.52 Å². The molecule has 9 nitrogen and oxygen atoms in total. The lowest BCUT2D eigenvalue weighted by molar-refractivity contribution is 0.371. The molecule has 0 saturated heterocycles. The largest absolute Gasteiger partial charge is 0.339 e. The van der Waals surface area contributed by atoms with Crippen molar-refractivity contribution >= 4 is 37.0 Å². The van der Waals surface area contributed by atoms with Crippen molar-refractivity contribution in [3.8, 4) is 0 Å². The molecule has 0 aliphatic carbocycles. The second kappa shape index (κ2) is 7.21. The van der Waals surface area contributed by atoms with Crippen LogP contribution < -0.4 is 10.4 Å². The molecule has 0 saturated carbocycles. The molecule has 1 N–H and O–H groups in total. The van der Waals surface area contributed by atoms with Crippen LogP contribution in [0.2, 0.25) is 0 Å². The van der Waals surface area contributed by atoms with Crippen LogP contribution in [0.15, 0.2) is 30.8 Å². The zero-order chi connectivity index (χ0) is 19.9. The Morgan fingerprint density at radius 3 is 2.44 bits per heavy atom. The molecule has 0 unspecified atom stereocenters. The number of nitrogens with one attached hydrogen (secondary N) is 1. The number of hydrogen-bond acceptors (Lipinski definition) is 6. The van der Waals surface area contributed by atoms with Crippen LogP contribution in [0.5, 0.6) is 0 Å². The maximum Gasteiger partial charge on any atom is 0.328 e. The number of aromatic nitrogens is 4. The van der Waals surface area contributed by atoms with Gasteiger partial charge in [0.15, 0.2) is 5.82 Å². The van der Waals surface area contributed by atoms with Gasteiger partial charge in [0.25, 0.3) is 0 Å². The standard InChI is InChI=1S/C16H20BrN5O4S/c1-9(2)15-19-14(26-20-15)5-6-18-27(24,25)13-8-12-11(7-10(13)17)21(3)16(23)22(12)4/h7-9,18H,5-6H2,1-4H3. The maximum absolute atomic E-state index is 12.7. The van der Waals surface area contributed by atoms with E-state index >= 15 is 0 Å². The second-order valence-corrected chi connectivity index (χ2v) is 9.11. The normalized spacial score (nSPS) is 12.4. The van der Waals surface area contributed by atoms with E-state index < -0.39 is 10.0 Å². The predicted molar refractivity (Wildman–Crippen MR) is 103 cm³/mol. The second-order valence-electron chi connectivity index (χ2n) is 6.52. The van der Waals surface area contributed by atoms with Gasteiger partial charge in [0.1, 0.15) is 0 Å². The number of halogens is 1. The van der Waals surface area contributed by atoms with Gasteiger partial charge in [-0.15, -0.1) is 0 Å². The van der Waals surface area contributed by atoms with Crippen molar-refractivity contribution in [1.82, 2.24) is 24.0 Å². The van der Waals surface area contributed by atoms with Crippen molar-refractivity contribution in [2.24, 2.45) is 14.1 Å². The summed E-state index contributed by atoms with van der Waals surface area (Å²) in [4.78, 5) is 16.3. The fourth-order valence-corrected chi connectivity index (χ4v) is 4.76. The molecular formula is C16H20BrN5O4S. The maximum atomic E-state index is 12.7. The third-order valence-corrected chi connectivity index (χ3v) is 6.67. The Morgan fingerprint density at radius 1 is 1.22 bits per heavy atom. The lowest BCUT2D eigenvalue weighted by Crippen LogP contribution is -2.26. The molecule has 2 heterocycles. The highest BCUT2D eigenvalue weighted by Crippen LogP contribution is 2.27. The molecule has 146 valence electrons. The molecule has 3 aromatic rings. The van der Waals surface area contributed by atoms with E-state index in [1.165, 1.54) is 15.2 Å². The van der Waals surface area contributed by atoms with E-state index in [1.54, 1.807) is 20.2 Å². The molecule has 0 bridgehead atoms. The molecule has 0 spiro atoms. The number of fused-ring (bicyclic) bond motifs is 1. The number of rotatable bonds is 6. The first-order valence-electron chi connectivity index (χ1n) is 8.29. The Morgan fingerprint density at radius 2 is 1.85 bits per heavy atom. The number of benzene rings is 1. The first-order chi connectivity index (χ1) is 12.6. The molecule has 0 aliphatic rings. The summed E-state index contributed by atoms with van der Waals surface area (Å²) < 4.78 is 36.3. The summed E-state index contributed by atoms with van der Waals surface area (Å²) in [7, 11) is -0.554. The third kappa shape index (κ3) is 3.71. The van der Waals surface area contributed by atoms with E-state index in [1.807, 2.05) is 13.8 Å². The van der Waals surface area contributed by atoms with Gasteiger partial charge in [0, 0.05) is 37.5 Å². The average Bonchev–Trinajstić information content (AvgIpc) is 3.15. The van der Waals surface area contributed by atoms with Crippen LogP contribution in [0.25, 0.3) is 11.0 Å². The molecule has 0 amide bonds. The van der Waals surface area contributed by atoms with Gasteiger partial charge in [-0.1, -0.05) is 19.0 Å². The van der Waals surface area contributed by atoms with Gasteiger partial charge >= 0.3 is 5.69 Å². The molecule has 0 aliphatic heterocycles. The van der Waals surface area contributed by atoms with Gasteiger partial charge in [0.2, 0.25) is 15.9 Å². The molecule has 11 heteroatoms. The van der Waals surface area contributed by atoms with Gasteiger partial charge in [-0.2, -0.15) is 4.98 Å². The molecule has 1 aromatic carbocycles. The average molecular weight is 458 g/mol. The Balaban J connectivity index is 1.82. The van der Waals surface area contributed by atoms with Crippen molar-refractivity contribution in [3.63, 3.8) is 0 Å². The quantitative estimate of drug-likeness (QED) is 0.602. The van der Waals surface area contributed by atoms with Crippen molar-refractivity contribution in [2.75, 3.05) is 6.54 Å². The Hall–Kier alpha value is -1.98. The SMILES string of the molecule is CC(C)c1noc(CCNS(=O)(=O)c2cc3c(cc2Br)n(C)c(=O)n3C)n1. The number of aryl methyl sites for hydroxylation is 2. The van der Waals surface area contributed by atoms with Gasteiger partial charge in [-0.25, -0.2) is 17.9 Å². The lowest BCUT2D eigenvalue weighted by atomic mass is 10.2. The van der Waals surface area contributed by atoms with Crippen molar-refractivity contribution in [3.05, 3.63) is 38.8 Å². The molecule has 3 rings (SSSR count). The molecule has 0 fully saturated rings. The van der Waals surface area contributed by atoms with Crippen LogP contribution in [-0.2, 0) is 30.5 Å². The minimum Gasteiger partial charge on any atom is -0.339 e. The Labute approximate surface area is 164 Å². The highest BCUT2D eigenvalue weighted by molar-refractivity contribution is 9.10. The zero-order valence-corrected chi connectivity index (χ0v) is 17.8. The van der Waals surface area contributed by atoms with E-state index in [0.717, 1.165) is 0 Å². The number of hydrogen-bond donors (Lipinski definition) is 1. The molecular weight excluding hydrogens is 438 g/mol. The lowest BCUT2D eigenvalue weighted by Gasteiger charge is -2.09. The highest BCUT2D eigenvalue weighted by Gasteiger charge is 2.21. The van der Waals surface area contributed by atoms with Crippen LogP contribution in [0.3, 0.4) is 0 Å². The van der Waals surface area contributed by atoms with Gasteiger partial charge in [-0.05, 0) is 28.1 Å². The summed E-state index contributed by atoms with van der Waals surface area (Å²) in [5, 5.41) is 3.85. The Kier molecular flexibility index (Phi) is 5.28. The van der Waals surface area contributed by atoms with Crippen molar-refractivity contribution in [1.29, 1.82) is 0 Å². The predicted octanol–water partition coefficient (Wildman–Crippen LogP) is 1.67. The van der Waals surface area contributed by atoms with E-state index in [9.17, 15) is 13.2 Å². The van der Waals surface area contributed by atoms with Gasteiger partial charge in [-0.3, -0.25) is 9.13 Å². The minimum absolute atomic E-state index is 0.0598. The number of imidazole rings is 1. The third-order valence-electron chi connectivity index (χ3n) is 4.25. The summed E-state index contributed by atoms with van der Waals surface area (Å²) in [6.07, 6.45) is 0.280. The van der Waals surface area contributed by atoms with Crippen LogP contribution in [0.1, 0.15) is 31.5 Å². The molecule has 0 atom stereocenters. The van der Waals surface area contributed by atoms with Crippen LogP contribution in [-0.4, -0.2) is 34.2 Å². The summed E-state index contributed by atoms with van der Waals surface area (Å²) in [6.45, 7) is 4.00. The first-order valence-corrected chi connectivity index (χ1v) is 10.6. The van der Waals surface area contributed by atoms with Crippen molar-refractivity contribution in [2.45, 2.75) is 31.1 Å². The van der Waals surface area contributed by atoms with E-state index in [0.29, 0.717) is 27.2 Å². The fraction of sp³-hybridized carbons (Fsp3) is 0.438. The summed E-state index contributed by atoms with van der Waals surface area (Å²) >= 11 is 3.29. The van der Waals surface area contributed by atoms with Crippen LogP contribution >= 0.6 is 15.9 Å². The minimum atomic E-state index is -3.79. The summed E-state index contributed by atoms with van der Waals surface area (Å²) in [5.41, 5.74) is 0.946. The van der Waals surface area contributed by atoms with Gasteiger partial charge in [0.05, 0.1) is 15.9 Å². The zero-order valence-electron chi connectivity index (χ0n) is 15.4. The summed E-state index contributed by atoms with van der Waals surface area (Å²) in [6, 6.07) is 3.10. The van der Waals surface area contributed by atoms with E-state index in [2.05, 4.69) is 30.8 Å². The highest BCUT2D eigenvalue weighted by atomic mass is 79.9. The first kappa shape index (κ1) is 19.8. The number of nitrogens with zero attached hydrogens (tertiary/aromatic N) is 4. The van der Waals surface area contributed by atoms with Crippen LogP contribution in [0, 0.1) is 0 Å². The topological polar surface area (TPSA) is 112 Å². The van der Waals surface area contributed by atoms with E-state index in [4.69, 9.17) is 4.52 Å². The Bertz CT molecular complexity index is 1160. The molecule has 0 radical (unpaired) electrons. The van der Waals surface area contributed by atoms with Crippen LogP contribution in [0.4, 0.5) is 0 Å². The van der Waals surface area contributed by atoms with E-state index in [-0.39, 0.29) is 29.5 Å². The molecule has 2 aromatic heterocycles. The fourth-order valence-electron chi connectivity index (χ4n) is 2.68.